The molecule has 0 saturated carbocycles. The van der Waals surface area contributed by atoms with E-state index < -0.39 is 11.9 Å². The van der Waals surface area contributed by atoms with Gasteiger partial charge in [-0.2, -0.15) is 6.42 Å². The molecule has 6 nitrogen and oxygen atoms in total. The van der Waals surface area contributed by atoms with Crippen molar-refractivity contribution in [2.24, 2.45) is 0 Å². The molecule has 298 valence electrons. The van der Waals surface area contributed by atoms with Crippen molar-refractivity contribution in [1.29, 1.82) is 0 Å². The van der Waals surface area contributed by atoms with Gasteiger partial charge in [0.2, 0.25) is 0 Å². The molecule has 0 radical (unpaired) electrons. The Hall–Kier alpha value is -3.05. The molecule has 2 N–H and O–H groups in total. The average Bonchev–Trinajstić information content (AvgIpc) is 3.08. The minimum atomic E-state index is -0.833. The number of aliphatic carboxylic acids is 2. The molecule has 6 aromatic rings. The number of rotatable bonds is 4. The molecule has 0 aliphatic carbocycles. The number of pyridine rings is 2. The van der Waals surface area contributed by atoms with E-state index in [1.165, 1.54) is 59.1 Å². The average molecular weight is 1030 g/mol. The van der Waals surface area contributed by atoms with Crippen molar-refractivity contribution in [3.8, 4) is 22.5 Å². The van der Waals surface area contributed by atoms with Crippen molar-refractivity contribution in [3.05, 3.63) is 136 Å². The first-order valence-corrected chi connectivity index (χ1v) is 27.5. The number of benzene rings is 4. The van der Waals surface area contributed by atoms with Gasteiger partial charge < -0.3 is 17.1 Å². The summed E-state index contributed by atoms with van der Waals surface area (Å²) in [5.74, 6) is -1.67. The van der Waals surface area contributed by atoms with Crippen molar-refractivity contribution in [1.82, 2.24) is 9.97 Å². The van der Waals surface area contributed by atoms with Crippen LogP contribution in [0.5, 0.6) is 0 Å². The van der Waals surface area contributed by atoms with E-state index in [0.717, 1.165) is 77.1 Å². The third kappa shape index (κ3) is 18.0. The number of carboxylic acids is 2. The summed E-state index contributed by atoms with van der Waals surface area (Å²) < 4.78 is 0. The molecule has 2 heterocycles. The number of aryl methyl sites for hydroxylation is 7. The number of carbonyl (C=O) groups is 2. The fraction of sp³-hybridized carbons (Fsp3) is 0.283. The summed E-state index contributed by atoms with van der Waals surface area (Å²) in [6.07, 6.45) is 3.28. The first-order chi connectivity index (χ1) is 26.0. The second-order valence-corrected chi connectivity index (χ2v) is 13.5. The summed E-state index contributed by atoms with van der Waals surface area (Å²) in [4.78, 5) is 27.7. The van der Waals surface area contributed by atoms with E-state index in [0.29, 0.717) is 0 Å². The van der Waals surface area contributed by atoms with Crippen LogP contribution in [0.2, 0.25) is 5.02 Å². The third-order valence-corrected chi connectivity index (χ3v) is 7.97. The quantitative estimate of drug-likeness (QED) is 0.104. The molecule has 4 aromatic carbocycles. The summed E-state index contributed by atoms with van der Waals surface area (Å²) in [5, 5.41) is 18.0. The maximum absolute atomic E-state index is 9.00. The topological polar surface area (TPSA) is 100 Å². The number of fused-ring (bicyclic) bond motifs is 2. The molecule has 6 rings (SSSR count). The van der Waals surface area contributed by atoms with Crippen LogP contribution in [-0.4, -0.2) is 32.1 Å². The van der Waals surface area contributed by atoms with Gasteiger partial charge in [-0.1, -0.05) is 84.5 Å². The number of halogens is 2. The fourth-order valence-corrected chi connectivity index (χ4v) is 6.35. The Morgan fingerprint density at radius 1 is 0.661 bits per heavy atom. The van der Waals surface area contributed by atoms with Crippen LogP contribution in [0.4, 0.5) is 0 Å². The first kappa shape index (κ1) is 52.9. The number of hydrogen-bond acceptors (Lipinski definition) is 4. The molecule has 0 atom stereocenters. The molecule has 0 fully saturated rings. The van der Waals surface area contributed by atoms with E-state index in [-0.39, 0.29) is 20.4 Å². The monoisotopic (exact) mass is 1030 g/mol. The molecule has 0 bridgehead atoms. The van der Waals surface area contributed by atoms with Crippen molar-refractivity contribution in [2.75, 3.05) is 0 Å². The Bertz CT molecular complexity index is 2120. The Balaban J connectivity index is 0.000000819. The molecule has 2 aromatic heterocycles. The molecule has 0 aliphatic rings. The Morgan fingerprint density at radius 2 is 1.00 bits per heavy atom. The molecule has 56 heavy (non-hydrogen) atoms. The SMILES string of the molecule is CC(=O)O.CC(=O)O.CCCc1cccc2nc(-c3cc(C)cc(C)c3)cc(C)c12.Cc1cc(C)cc(-c2cc(C)c3c(Cl)cccc3n2)c1.[CH2-]CC.[Pd].[Zn+][I]. The van der Waals surface area contributed by atoms with Gasteiger partial charge in [-0.05, 0) is 119 Å². The van der Waals surface area contributed by atoms with Crippen LogP contribution in [0.15, 0.2) is 84.9 Å². The van der Waals surface area contributed by atoms with E-state index in [1.807, 2.05) is 25.1 Å². The molecule has 0 unspecified atom stereocenters. The Kier molecular flexibility index (Phi) is 26.1. The van der Waals surface area contributed by atoms with Crippen molar-refractivity contribution in [2.45, 2.75) is 88.5 Å². The summed E-state index contributed by atoms with van der Waals surface area (Å²) in [5.41, 5.74) is 15.5. The van der Waals surface area contributed by atoms with Crippen LogP contribution < -0.4 is 0 Å². The summed E-state index contributed by atoms with van der Waals surface area (Å²) >= 11 is 9.89. The number of carboxylic acid groups (broad SMARTS) is 2. The predicted octanol–water partition coefficient (Wildman–Crippen LogP) is 13.6. The molecular formula is C46H54ClIN2O4PdZn. The normalized spacial score (nSPS) is 9.62. The van der Waals surface area contributed by atoms with Crippen LogP contribution in [0.3, 0.4) is 0 Å². The summed E-state index contributed by atoms with van der Waals surface area (Å²) in [7, 11) is 0. The van der Waals surface area contributed by atoms with E-state index >= 15 is 0 Å². The van der Waals surface area contributed by atoms with Crippen molar-refractivity contribution < 1.29 is 55.0 Å². The number of nitrogens with zero attached hydrogens (tertiary/aromatic N) is 2. The van der Waals surface area contributed by atoms with Gasteiger partial charge >= 0.3 is 34.5 Å². The molecule has 0 spiro atoms. The molecule has 10 heteroatoms. The zero-order valence-electron chi connectivity index (χ0n) is 34.3. The van der Waals surface area contributed by atoms with Gasteiger partial charge in [-0.25, -0.2) is 9.97 Å². The van der Waals surface area contributed by atoms with E-state index in [4.69, 9.17) is 41.4 Å². The second-order valence-electron chi connectivity index (χ2n) is 13.1. The number of hydrogen-bond donors (Lipinski definition) is 2. The van der Waals surface area contributed by atoms with Crippen molar-refractivity contribution in [3.63, 3.8) is 0 Å². The van der Waals surface area contributed by atoms with Gasteiger partial charge in [0.05, 0.1) is 27.4 Å². The molecule has 0 aliphatic heterocycles. The second kappa shape index (κ2) is 27.6. The zero-order valence-corrected chi connectivity index (χ0v) is 41.7. The zero-order chi connectivity index (χ0) is 41.8. The van der Waals surface area contributed by atoms with Crippen molar-refractivity contribution >= 4 is 65.1 Å². The summed E-state index contributed by atoms with van der Waals surface area (Å²) in [6, 6.07) is 29.9. The first-order valence-electron chi connectivity index (χ1n) is 18.1. The Morgan fingerprint density at radius 3 is 1.38 bits per heavy atom. The van der Waals surface area contributed by atoms with Gasteiger partial charge in [0.25, 0.3) is 11.9 Å². The number of aromatic nitrogens is 2. The van der Waals surface area contributed by atoms with Crippen LogP contribution in [0.1, 0.15) is 79.5 Å². The van der Waals surface area contributed by atoms with Gasteiger partial charge in [-0.15, -0.1) is 0 Å². The summed E-state index contributed by atoms with van der Waals surface area (Å²) in [6.45, 7) is 22.7. The fourth-order valence-electron chi connectivity index (χ4n) is 6.03. The minimum absolute atomic E-state index is 0. The van der Waals surface area contributed by atoms with Crippen LogP contribution in [-0.2, 0) is 51.2 Å². The maximum atomic E-state index is 9.00. The standard InChI is InChI=1S/C21H23N.C18H16ClN.C3H7.2C2H4O2.HI.Pd.Zn/c1-5-7-17-8-6-9-19-21(17)16(4)13-20(22-19)18-11-14(2)10-15(3)12-18;1-11-7-12(2)9-14(8-11)17-10-13(3)18-15(19)5-4-6-16(18)20-17;1-3-2;2*1-2(3)4;;;/h6,8-13H,5,7H2,1-4H3;4-10H,1-3H3;1,3H2,2H3;2*1H3,(H,3,4);1H;;/q;;-1;;;;;+2/p-1. The van der Waals surface area contributed by atoms with E-state index in [2.05, 4.69) is 142 Å². The van der Waals surface area contributed by atoms with Gasteiger partial charge in [0.15, 0.2) is 0 Å². The Labute approximate surface area is 373 Å². The third-order valence-electron chi connectivity index (χ3n) is 7.65. The van der Waals surface area contributed by atoms with Crippen LogP contribution in [0, 0.1) is 48.5 Å². The molecular weight excluding hydrogens is 979 g/mol. The van der Waals surface area contributed by atoms with Gasteiger partial charge in [-0.3, -0.25) is 9.59 Å². The van der Waals surface area contributed by atoms with Gasteiger partial charge in [0.1, 0.15) is 0 Å². The van der Waals surface area contributed by atoms with Crippen LogP contribution >= 0.6 is 31.4 Å². The van der Waals surface area contributed by atoms with E-state index in [1.54, 1.807) is 0 Å². The predicted molar refractivity (Wildman–Crippen MR) is 238 cm³/mol. The molecule has 0 saturated heterocycles. The van der Waals surface area contributed by atoms with E-state index in [9.17, 15) is 0 Å². The van der Waals surface area contributed by atoms with Gasteiger partial charge in [0, 0.05) is 56.2 Å². The molecule has 0 amide bonds. The van der Waals surface area contributed by atoms with Crippen LogP contribution in [0.25, 0.3) is 44.3 Å².